The summed E-state index contributed by atoms with van der Waals surface area (Å²) in [6, 6.07) is 6.38. The Morgan fingerprint density at radius 2 is 2.21 bits per heavy atom. The van der Waals surface area contributed by atoms with E-state index in [1.54, 1.807) is 7.11 Å². The van der Waals surface area contributed by atoms with Gasteiger partial charge in [-0.3, -0.25) is 0 Å². The molecule has 1 N–H and O–H groups in total. The highest BCUT2D eigenvalue weighted by molar-refractivity contribution is 5.35. The smallest absolute Gasteiger partial charge is 0.122 e. The van der Waals surface area contributed by atoms with E-state index in [9.17, 15) is 0 Å². The molecule has 1 aliphatic rings. The number of benzene rings is 1. The third-order valence-corrected chi connectivity index (χ3v) is 3.84. The van der Waals surface area contributed by atoms with E-state index in [2.05, 4.69) is 37.4 Å². The lowest BCUT2D eigenvalue weighted by Crippen LogP contribution is -2.30. The molecule has 1 aliphatic heterocycles. The van der Waals surface area contributed by atoms with Gasteiger partial charge in [-0.05, 0) is 38.4 Å². The standard InChI is InChI=1S/C16H25NO2/c1-12-4-5-15(13(2)10-12)19-16(7-9-18-3)14-6-8-17-11-14/h4-5,10,14,16-17H,6-9,11H2,1-3H3. The first-order valence-electron chi connectivity index (χ1n) is 7.14. The molecule has 1 fully saturated rings. The Bertz CT molecular complexity index is 400. The van der Waals surface area contributed by atoms with E-state index in [1.165, 1.54) is 17.5 Å². The predicted octanol–water partition coefficient (Wildman–Crippen LogP) is 2.70. The molecule has 19 heavy (non-hydrogen) atoms. The van der Waals surface area contributed by atoms with Gasteiger partial charge in [0.2, 0.25) is 0 Å². The molecule has 1 aromatic carbocycles. The Hall–Kier alpha value is -1.06. The molecule has 0 bridgehead atoms. The molecule has 0 radical (unpaired) electrons. The van der Waals surface area contributed by atoms with Gasteiger partial charge in [-0.1, -0.05) is 17.7 Å². The lowest BCUT2D eigenvalue weighted by atomic mass is 9.99. The zero-order valence-corrected chi connectivity index (χ0v) is 12.2. The zero-order valence-electron chi connectivity index (χ0n) is 12.2. The van der Waals surface area contributed by atoms with E-state index in [0.717, 1.165) is 31.9 Å². The molecule has 1 aromatic rings. The minimum Gasteiger partial charge on any atom is -0.490 e. The van der Waals surface area contributed by atoms with Crippen molar-refractivity contribution in [2.75, 3.05) is 26.8 Å². The molecule has 3 heteroatoms. The van der Waals surface area contributed by atoms with Crippen LogP contribution in [0.25, 0.3) is 0 Å². The van der Waals surface area contributed by atoms with Crippen LogP contribution in [0.1, 0.15) is 24.0 Å². The van der Waals surface area contributed by atoms with Crippen molar-refractivity contribution < 1.29 is 9.47 Å². The van der Waals surface area contributed by atoms with Crippen LogP contribution in [0.3, 0.4) is 0 Å². The number of hydrogen-bond donors (Lipinski definition) is 1. The second-order valence-electron chi connectivity index (χ2n) is 5.46. The van der Waals surface area contributed by atoms with Crippen LogP contribution in [0.2, 0.25) is 0 Å². The monoisotopic (exact) mass is 263 g/mol. The molecule has 2 unspecified atom stereocenters. The second-order valence-corrected chi connectivity index (χ2v) is 5.46. The fraction of sp³-hybridized carbons (Fsp3) is 0.625. The van der Waals surface area contributed by atoms with Gasteiger partial charge in [0, 0.05) is 32.6 Å². The largest absolute Gasteiger partial charge is 0.490 e. The molecule has 1 saturated heterocycles. The topological polar surface area (TPSA) is 30.5 Å². The van der Waals surface area contributed by atoms with Crippen LogP contribution >= 0.6 is 0 Å². The molecule has 0 amide bonds. The fourth-order valence-corrected chi connectivity index (χ4v) is 2.71. The van der Waals surface area contributed by atoms with Gasteiger partial charge in [-0.15, -0.1) is 0 Å². The van der Waals surface area contributed by atoms with Crippen molar-refractivity contribution in [2.45, 2.75) is 32.8 Å². The van der Waals surface area contributed by atoms with E-state index in [0.29, 0.717) is 5.92 Å². The van der Waals surface area contributed by atoms with Gasteiger partial charge < -0.3 is 14.8 Å². The zero-order chi connectivity index (χ0) is 13.7. The Labute approximate surface area is 116 Å². The van der Waals surface area contributed by atoms with Gasteiger partial charge in [0.15, 0.2) is 0 Å². The van der Waals surface area contributed by atoms with Gasteiger partial charge in [-0.2, -0.15) is 0 Å². The van der Waals surface area contributed by atoms with Crippen LogP contribution in [0, 0.1) is 19.8 Å². The second kappa shape index (κ2) is 6.92. The maximum absolute atomic E-state index is 6.27. The number of rotatable bonds is 6. The highest BCUT2D eigenvalue weighted by Gasteiger charge is 2.26. The Morgan fingerprint density at radius 1 is 1.37 bits per heavy atom. The number of hydrogen-bond acceptors (Lipinski definition) is 3. The number of methoxy groups -OCH3 is 1. The first-order valence-corrected chi connectivity index (χ1v) is 7.14. The maximum atomic E-state index is 6.27. The third-order valence-electron chi connectivity index (χ3n) is 3.84. The molecule has 106 valence electrons. The van der Waals surface area contributed by atoms with E-state index >= 15 is 0 Å². The van der Waals surface area contributed by atoms with Crippen LogP contribution in [0.15, 0.2) is 18.2 Å². The van der Waals surface area contributed by atoms with Crippen molar-refractivity contribution in [2.24, 2.45) is 5.92 Å². The van der Waals surface area contributed by atoms with Crippen molar-refractivity contribution in [3.8, 4) is 5.75 Å². The summed E-state index contributed by atoms with van der Waals surface area (Å²) in [5.41, 5.74) is 2.49. The van der Waals surface area contributed by atoms with Crippen LogP contribution in [-0.4, -0.2) is 32.9 Å². The first kappa shape index (κ1) is 14.4. The summed E-state index contributed by atoms with van der Waals surface area (Å²) < 4.78 is 11.5. The third kappa shape index (κ3) is 3.95. The first-order chi connectivity index (χ1) is 9.20. The van der Waals surface area contributed by atoms with Gasteiger partial charge in [0.05, 0.1) is 0 Å². The van der Waals surface area contributed by atoms with Gasteiger partial charge >= 0.3 is 0 Å². The van der Waals surface area contributed by atoms with Crippen LogP contribution < -0.4 is 10.1 Å². The summed E-state index contributed by atoms with van der Waals surface area (Å²) in [5.74, 6) is 1.61. The molecule has 0 saturated carbocycles. The summed E-state index contributed by atoms with van der Waals surface area (Å²) in [5, 5.41) is 3.42. The molecular weight excluding hydrogens is 238 g/mol. The van der Waals surface area contributed by atoms with Crippen molar-refractivity contribution in [1.29, 1.82) is 0 Å². The molecule has 3 nitrogen and oxygen atoms in total. The SMILES string of the molecule is COCCC(Oc1ccc(C)cc1C)C1CCNC1. The maximum Gasteiger partial charge on any atom is 0.122 e. The predicted molar refractivity (Wildman–Crippen MR) is 77.8 cm³/mol. The summed E-state index contributed by atoms with van der Waals surface area (Å²) >= 11 is 0. The highest BCUT2D eigenvalue weighted by atomic mass is 16.5. The average Bonchev–Trinajstić information content (AvgIpc) is 2.90. The highest BCUT2D eigenvalue weighted by Crippen LogP contribution is 2.25. The number of ether oxygens (including phenoxy) is 2. The summed E-state index contributed by atoms with van der Waals surface area (Å²) in [6.45, 7) is 7.14. The van der Waals surface area contributed by atoms with Crippen LogP contribution in [-0.2, 0) is 4.74 Å². The number of aryl methyl sites for hydroxylation is 2. The molecule has 2 rings (SSSR count). The Kier molecular flexibility index (Phi) is 5.23. The van der Waals surface area contributed by atoms with Crippen LogP contribution in [0.4, 0.5) is 0 Å². The quantitative estimate of drug-likeness (QED) is 0.856. The number of nitrogens with one attached hydrogen (secondary N) is 1. The van der Waals surface area contributed by atoms with Crippen molar-refractivity contribution in [3.63, 3.8) is 0 Å². The van der Waals surface area contributed by atoms with Crippen molar-refractivity contribution in [1.82, 2.24) is 5.32 Å². The summed E-state index contributed by atoms with van der Waals surface area (Å²) in [6.07, 6.45) is 2.39. The molecular formula is C16H25NO2. The molecule has 0 aromatic heterocycles. The van der Waals surface area contributed by atoms with Crippen molar-refractivity contribution in [3.05, 3.63) is 29.3 Å². The minimum absolute atomic E-state index is 0.247. The van der Waals surface area contributed by atoms with Crippen molar-refractivity contribution >= 4 is 0 Å². The lowest BCUT2D eigenvalue weighted by molar-refractivity contribution is 0.0906. The Balaban J connectivity index is 2.05. The van der Waals surface area contributed by atoms with Gasteiger partial charge in [-0.25, -0.2) is 0 Å². The molecule has 2 atom stereocenters. The van der Waals surface area contributed by atoms with E-state index in [1.807, 2.05) is 0 Å². The molecule has 0 spiro atoms. The van der Waals surface area contributed by atoms with Gasteiger partial charge in [0.1, 0.15) is 11.9 Å². The molecule has 1 heterocycles. The average molecular weight is 263 g/mol. The lowest BCUT2D eigenvalue weighted by Gasteiger charge is -2.25. The van der Waals surface area contributed by atoms with E-state index < -0.39 is 0 Å². The Morgan fingerprint density at radius 3 is 2.84 bits per heavy atom. The summed E-state index contributed by atoms with van der Waals surface area (Å²) in [4.78, 5) is 0. The molecule has 0 aliphatic carbocycles. The normalized spacial score (nSPS) is 20.5. The fourth-order valence-electron chi connectivity index (χ4n) is 2.71. The summed E-state index contributed by atoms with van der Waals surface area (Å²) in [7, 11) is 1.75. The van der Waals surface area contributed by atoms with Crippen LogP contribution in [0.5, 0.6) is 5.75 Å². The van der Waals surface area contributed by atoms with E-state index in [4.69, 9.17) is 9.47 Å². The van der Waals surface area contributed by atoms with E-state index in [-0.39, 0.29) is 6.10 Å². The minimum atomic E-state index is 0.247. The van der Waals surface area contributed by atoms with Gasteiger partial charge in [0.25, 0.3) is 0 Å².